The Labute approximate surface area is 93.2 Å². The van der Waals surface area contributed by atoms with Crippen LogP contribution in [0.25, 0.3) is 0 Å². The Morgan fingerprint density at radius 2 is 2.06 bits per heavy atom. The van der Waals surface area contributed by atoms with Gasteiger partial charge in [-0.3, -0.25) is 0 Å². The van der Waals surface area contributed by atoms with Gasteiger partial charge in [-0.1, -0.05) is 12.1 Å². The SMILES string of the molecule is COc1ccccc1OCc1ncc(N)[nH]1. The number of benzene rings is 1. The minimum atomic E-state index is 0.331. The molecule has 84 valence electrons. The van der Waals surface area contributed by atoms with E-state index in [9.17, 15) is 0 Å². The average Bonchev–Trinajstić information content (AvgIpc) is 2.73. The molecular weight excluding hydrogens is 206 g/mol. The summed E-state index contributed by atoms with van der Waals surface area (Å²) < 4.78 is 10.7. The molecule has 0 aliphatic rings. The van der Waals surface area contributed by atoms with E-state index in [1.54, 1.807) is 13.3 Å². The summed E-state index contributed by atoms with van der Waals surface area (Å²) in [5, 5.41) is 0. The minimum absolute atomic E-state index is 0.331. The topological polar surface area (TPSA) is 73.2 Å². The number of methoxy groups -OCH3 is 1. The van der Waals surface area contributed by atoms with Gasteiger partial charge in [0.15, 0.2) is 11.5 Å². The molecule has 0 saturated carbocycles. The lowest BCUT2D eigenvalue weighted by atomic mass is 10.3. The van der Waals surface area contributed by atoms with Gasteiger partial charge in [0.1, 0.15) is 18.2 Å². The molecular formula is C11H13N3O2. The molecule has 0 atom stereocenters. The maximum atomic E-state index is 5.55. The van der Waals surface area contributed by atoms with Gasteiger partial charge in [-0.2, -0.15) is 0 Å². The lowest BCUT2D eigenvalue weighted by Crippen LogP contribution is -1.99. The first-order chi connectivity index (χ1) is 7.79. The molecule has 0 unspecified atom stereocenters. The third kappa shape index (κ3) is 2.25. The number of nitrogens with two attached hydrogens (primary N) is 1. The van der Waals surface area contributed by atoms with Crippen molar-refractivity contribution in [1.29, 1.82) is 0 Å². The maximum Gasteiger partial charge on any atom is 0.161 e. The van der Waals surface area contributed by atoms with Gasteiger partial charge in [0.2, 0.25) is 0 Å². The maximum absolute atomic E-state index is 5.55. The third-order valence-electron chi connectivity index (χ3n) is 2.08. The summed E-state index contributed by atoms with van der Waals surface area (Å²) in [5.41, 5.74) is 5.51. The van der Waals surface area contributed by atoms with Crippen molar-refractivity contribution < 1.29 is 9.47 Å². The number of hydrogen-bond donors (Lipinski definition) is 2. The number of aromatic nitrogens is 2. The first kappa shape index (κ1) is 10.4. The number of H-pyrrole nitrogens is 1. The first-order valence-electron chi connectivity index (χ1n) is 4.85. The highest BCUT2D eigenvalue weighted by Gasteiger charge is 2.04. The van der Waals surface area contributed by atoms with Crippen molar-refractivity contribution in [2.75, 3.05) is 12.8 Å². The summed E-state index contributed by atoms with van der Waals surface area (Å²) in [6.45, 7) is 0.331. The summed E-state index contributed by atoms with van der Waals surface area (Å²) in [4.78, 5) is 6.92. The van der Waals surface area contributed by atoms with Crippen LogP contribution in [0.15, 0.2) is 30.5 Å². The van der Waals surface area contributed by atoms with Crippen LogP contribution in [0, 0.1) is 0 Å². The molecule has 0 fully saturated rings. The zero-order valence-electron chi connectivity index (χ0n) is 8.93. The molecule has 1 aromatic heterocycles. The Morgan fingerprint density at radius 3 is 2.69 bits per heavy atom. The van der Waals surface area contributed by atoms with Gasteiger partial charge in [-0.25, -0.2) is 4.98 Å². The molecule has 0 radical (unpaired) electrons. The van der Waals surface area contributed by atoms with Crippen LogP contribution in [0.2, 0.25) is 0 Å². The number of hydrogen-bond acceptors (Lipinski definition) is 4. The molecule has 0 amide bonds. The van der Waals surface area contributed by atoms with E-state index in [0.29, 0.717) is 29.7 Å². The summed E-state index contributed by atoms with van der Waals surface area (Å²) in [5.74, 6) is 2.59. The summed E-state index contributed by atoms with van der Waals surface area (Å²) in [6, 6.07) is 7.45. The van der Waals surface area contributed by atoms with E-state index in [1.165, 1.54) is 0 Å². The summed E-state index contributed by atoms with van der Waals surface area (Å²) in [6.07, 6.45) is 1.56. The minimum Gasteiger partial charge on any atom is -0.493 e. The number of para-hydroxylation sites is 2. The number of nitrogens with one attached hydrogen (secondary N) is 1. The smallest absolute Gasteiger partial charge is 0.161 e. The summed E-state index contributed by atoms with van der Waals surface area (Å²) >= 11 is 0. The van der Waals surface area contributed by atoms with Crippen molar-refractivity contribution in [3.8, 4) is 11.5 Å². The molecule has 16 heavy (non-hydrogen) atoms. The molecule has 2 rings (SSSR count). The predicted molar refractivity (Wildman–Crippen MR) is 60.3 cm³/mol. The van der Waals surface area contributed by atoms with Crippen LogP contribution in [0.4, 0.5) is 5.82 Å². The first-order valence-corrected chi connectivity index (χ1v) is 4.85. The van der Waals surface area contributed by atoms with Crippen molar-refractivity contribution in [2.45, 2.75) is 6.61 Å². The lowest BCUT2D eigenvalue weighted by Gasteiger charge is -2.08. The van der Waals surface area contributed by atoms with Crippen LogP contribution >= 0.6 is 0 Å². The van der Waals surface area contributed by atoms with Crippen LogP contribution in [0.3, 0.4) is 0 Å². The van der Waals surface area contributed by atoms with Crippen molar-refractivity contribution in [2.24, 2.45) is 0 Å². The number of nitrogens with zero attached hydrogens (tertiary/aromatic N) is 1. The van der Waals surface area contributed by atoms with E-state index in [1.807, 2.05) is 24.3 Å². The monoisotopic (exact) mass is 219 g/mol. The van der Waals surface area contributed by atoms with Gasteiger partial charge >= 0.3 is 0 Å². The van der Waals surface area contributed by atoms with Crippen molar-refractivity contribution >= 4 is 5.82 Å². The molecule has 1 heterocycles. The second-order valence-corrected chi connectivity index (χ2v) is 3.22. The quantitative estimate of drug-likeness (QED) is 0.818. The van der Waals surface area contributed by atoms with Crippen LogP contribution in [0.1, 0.15) is 5.82 Å². The van der Waals surface area contributed by atoms with Gasteiger partial charge in [-0.05, 0) is 12.1 Å². The van der Waals surface area contributed by atoms with E-state index >= 15 is 0 Å². The predicted octanol–water partition coefficient (Wildman–Crippen LogP) is 1.58. The van der Waals surface area contributed by atoms with Crippen molar-refractivity contribution in [1.82, 2.24) is 9.97 Å². The zero-order valence-corrected chi connectivity index (χ0v) is 8.93. The highest BCUT2D eigenvalue weighted by atomic mass is 16.5. The molecule has 1 aromatic carbocycles. The largest absolute Gasteiger partial charge is 0.493 e. The van der Waals surface area contributed by atoms with E-state index < -0.39 is 0 Å². The van der Waals surface area contributed by atoms with Gasteiger partial charge in [0.05, 0.1) is 13.3 Å². The number of imidazole rings is 1. The number of aromatic amines is 1. The van der Waals surface area contributed by atoms with Gasteiger partial charge in [0, 0.05) is 0 Å². The fourth-order valence-corrected chi connectivity index (χ4v) is 1.34. The lowest BCUT2D eigenvalue weighted by molar-refractivity contribution is 0.277. The Balaban J connectivity index is 2.04. The van der Waals surface area contributed by atoms with Crippen molar-refractivity contribution in [3.05, 3.63) is 36.3 Å². The fourth-order valence-electron chi connectivity index (χ4n) is 1.34. The van der Waals surface area contributed by atoms with Crippen LogP contribution in [-0.2, 0) is 6.61 Å². The van der Waals surface area contributed by atoms with E-state index in [0.717, 1.165) is 0 Å². The van der Waals surface area contributed by atoms with Crippen LogP contribution < -0.4 is 15.2 Å². The van der Waals surface area contributed by atoms with Gasteiger partial charge < -0.3 is 20.2 Å². The van der Waals surface area contributed by atoms with Crippen molar-refractivity contribution in [3.63, 3.8) is 0 Å². The molecule has 5 nitrogen and oxygen atoms in total. The van der Waals surface area contributed by atoms with Gasteiger partial charge in [0.25, 0.3) is 0 Å². The van der Waals surface area contributed by atoms with E-state index in [-0.39, 0.29) is 0 Å². The number of rotatable bonds is 4. The average molecular weight is 219 g/mol. The Bertz CT molecular complexity index is 468. The second-order valence-electron chi connectivity index (χ2n) is 3.22. The molecule has 0 aliphatic carbocycles. The molecule has 0 spiro atoms. The standard InChI is InChI=1S/C11H13N3O2/c1-15-8-4-2-3-5-9(8)16-7-11-13-6-10(12)14-11/h2-6H,7,12H2,1H3,(H,13,14). The van der Waals surface area contributed by atoms with Crippen LogP contribution in [-0.4, -0.2) is 17.1 Å². The third-order valence-corrected chi connectivity index (χ3v) is 2.08. The molecule has 3 N–H and O–H groups in total. The highest BCUT2D eigenvalue weighted by molar-refractivity contribution is 5.39. The molecule has 5 heteroatoms. The molecule has 2 aromatic rings. The summed E-state index contributed by atoms with van der Waals surface area (Å²) in [7, 11) is 1.60. The fraction of sp³-hybridized carbons (Fsp3) is 0.182. The molecule has 0 aliphatic heterocycles. The molecule has 0 saturated heterocycles. The number of nitrogen functional groups attached to an aromatic ring is 1. The zero-order chi connectivity index (χ0) is 11.4. The molecule has 0 bridgehead atoms. The van der Waals surface area contributed by atoms with E-state index in [2.05, 4.69) is 9.97 Å². The second kappa shape index (κ2) is 4.57. The Hall–Kier alpha value is -2.17. The Kier molecular flexibility index (Phi) is 2.95. The normalized spacial score (nSPS) is 10.1. The van der Waals surface area contributed by atoms with Crippen LogP contribution in [0.5, 0.6) is 11.5 Å². The number of ether oxygens (including phenoxy) is 2. The van der Waals surface area contributed by atoms with Gasteiger partial charge in [-0.15, -0.1) is 0 Å². The Morgan fingerprint density at radius 1 is 1.31 bits per heavy atom. The highest BCUT2D eigenvalue weighted by Crippen LogP contribution is 2.26. The van der Waals surface area contributed by atoms with E-state index in [4.69, 9.17) is 15.2 Å². The number of anilines is 1.